The first-order valence-corrected chi connectivity index (χ1v) is 15.3. The van der Waals surface area contributed by atoms with Crippen LogP contribution in [0.5, 0.6) is 5.75 Å². The number of hydrogen-bond donors (Lipinski definition) is 2. The Hall–Kier alpha value is -5.07. The first kappa shape index (κ1) is 29.6. The second-order valence-corrected chi connectivity index (χ2v) is 12.0. The van der Waals surface area contributed by atoms with Crippen LogP contribution in [-0.2, 0) is 39.6 Å². The number of fused-ring (bicyclic) bond motifs is 5. The van der Waals surface area contributed by atoms with Crippen LogP contribution >= 0.6 is 0 Å². The van der Waals surface area contributed by atoms with Crippen molar-refractivity contribution in [2.24, 2.45) is 0 Å². The Morgan fingerprint density at radius 1 is 1.04 bits per heavy atom. The summed E-state index contributed by atoms with van der Waals surface area (Å²) in [7, 11) is 0. The lowest BCUT2D eigenvalue weighted by atomic mass is 9.86. The summed E-state index contributed by atoms with van der Waals surface area (Å²) in [5, 5.41) is 14.6. The fraction of sp³-hybridized carbons (Fsp3) is 0.324. The molecule has 3 aliphatic rings. The first-order chi connectivity index (χ1) is 22.1. The molecule has 236 valence electrons. The van der Waals surface area contributed by atoms with Crippen molar-refractivity contribution < 1.29 is 29.0 Å². The molecular weight excluding hydrogens is 590 g/mol. The molecule has 3 aliphatic heterocycles. The van der Waals surface area contributed by atoms with Crippen LogP contribution in [0.15, 0.2) is 59.4 Å². The number of piperazine rings is 1. The van der Waals surface area contributed by atoms with Gasteiger partial charge in [0.1, 0.15) is 12.4 Å². The molecule has 1 fully saturated rings. The van der Waals surface area contributed by atoms with Crippen LogP contribution in [-0.4, -0.2) is 68.6 Å². The van der Waals surface area contributed by atoms with Crippen molar-refractivity contribution in [1.82, 2.24) is 19.4 Å². The van der Waals surface area contributed by atoms with Crippen LogP contribution in [0.4, 0.5) is 10.5 Å². The zero-order chi connectivity index (χ0) is 32.2. The zero-order valence-corrected chi connectivity index (χ0v) is 25.5. The van der Waals surface area contributed by atoms with E-state index in [9.17, 15) is 24.3 Å². The smallest absolute Gasteiger partial charge is 0.415 e. The number of nitrogens with zero attached hydrogens (tertiary/aromatic N) is 4. The largest absolute Gasteiger partial charge is 0.458 e. The Morgan fingerprint density at radius 3 is 2.52 bits per heavy atom. The monoisotopic (exact) mass is 623 g/mol. The van der Waals surface area contributed by atoms with Gasteiger partial charge in [0.05, 0.1) is 29.0 Å². The van der Waals surface area contributed by atoms with Gasteiger partial charge < -0.3 is 29.4 Å². The van der Waals surface area contributed by atoms with Crippen molar-refractivity contribution in [3.8, 4) is 17.1 Å². The van der Waals surface area contributed by atoms with Crippen molar-refractivity contribution in [3.05, 3.63) is 87.2 Å². The maximum atomic E-state index is 13.4. The number of esters is 1. The molecule has 7 rings (SSSR count). The van der Waals surface area contributed by atoms with Gasteiger partial charge in [-0.1, -0.05) is 19.1 Å². The zero-order valence-electron chi connectivity index (χ0n) is 25.5. The Morgan fingerprint density at radius 2 is 1.80 bits per heavy atom. The number of pyridine rings is 2. The van der Waals surface area contributed by atoms with Gasteiger partial charge in [0.2, 0.25) is 5.91 Å². The van der Waals surface area contributed by atoms with Crippen LogP contribution in [0, 0.1) is 0 Å². The van der Waals surface area contributed by atoms with Gasteiger partial charge in [-0.3, -0.25) is 14.5 Å². The van der Waals surface area contributed by atoms with Crippen molar-refractivity contribution in [1.29, 1.82) is 0 Å². The van der Waals surface area contributed by atoms with Crippen molar-refractivity contribution in [3.63, 3.8) is 0 Å². The van der Waals surface area contributed by atoms with Crippen LogP contribution in [0.3, 0.4) is 0 Å². The minimum atomic E-state index is -1.88. The van der Waals surface area contributed by atoms with Crippen LogP contribution in [0.25, 0.3) is 22.3 Å². The molecule has 12 nitrogen and oxygen atoms in total. The van der Waals surface area contributed by atoms with Gasteiger partial charge in [-0.15, -0.1) is 0 Å². The van der Waals surface area contributed by atoms with E-state index in [0.29, 0.717) is 48.8 Å². The van der Waals surface area contributed by atoms with Gasteiger partial charge in [-0.25, -0.2) is 14.6 Å². The molecule has 46 heavy (non-hydrogen) atoms. The van der Waals surface area contributed by atoms with Crippen molar-refractivity contribution in [2.45, 2.75) is 45.6 Å². The maximum absolute atomic E-state index is 13.4. The van der Waals surface area contributed by atoms with Crippen LogP contribution in [0.2, 0.25) is 0 Å². The third-order valence-corrected chi connectivity index (χ3v) is 9.00. The summed E-state index contributed by atoms with van der Waals surface area (Å²) in [6.45, 7) is 6.47. The van der Waals surface area contributed by atoms with E-state index in [1.165, 1.54) is 6.92 Å². The number of ether oxygens (including phenoxy) is 2. The molecular formula is C34H33N5O7. The Balaban J connectivity index is 1.03. The highest BCUT2D eigenvalue weighted by Crippen LogP contribution is 2.39. The average Bonchev–Trinajstić information content (AvgIpc) is 3.40. The minimum absolute atomic E-state index is 0.0768. The molecule has 5 heterocycles. The Labute approximate surface area is 264 Å². The summed E-state index contributed by atoms with van der Waals surface area (Å²) in [6.07, 6.45) is -0.342. The topological polar surface area (TPSA) is 143 Å². The van der Waals surface area contributed by atoms with E-state index in [2.05, 4.69) is 10.2 Å². The van der Waals surface area contributed by atoms with Gasteiger partial charge >= 0.3 is 12.1 Å². The average molecular weight is 624 g/mol. The molecule has 0 unspecified atom stereocenters. The lowest BCUT2D eigenvalue weighted by molar-refractivity contribution is -0.172. The van der Waals surface area contributed by atoms with Crippen LogP contribution < -0.4 is 15.6 Å². The molecule has 2 amide bonds. The second-order valence-electron chi connectivity index (χ2n) is 12.0. The third kappa shape index (κ3) is 5.19. The first-order valence-electron chi connectivity index (χ1n) is 15.3. The molecule has 4 aromatic rings. The van der Waals surface area contributed by atoms with Gasteiger partial charge in [-0.05, 0) is 54.4 Å². The molecule has 0 spiro atoms. The number of nitrogens with one attached hydrogen (secondary N) is 1. The summed E-state index contributed by atoms with van der Waals surface area (Å²) in [6, 6.07) is 16.6. The van der Waals surface area contributed by atoms with E-state index in [1.807, 2.05) is 30.3 Å². The number of aliphatic hydroxyl groups is 1. The highest BCUT2D eigenvalue weighted by Gasteiger charge is 2.45. The molecule has 0 bridgehead atoms. The summed E-state index contributed by atoms with van der Waals surface area (Å²) in [4.78, 5) is 58.9. The fourth-order valence-electron chi connectivity index (χ4n) is 6.44. The predicted molar refractivity (Wildman–Crippen MR) is 168 cm³/mol. The van der Waals surface area contributed by atoms with E-state index in [0.717, 1.165) is 28.7 Å². The number of hydrogen-bond acceptors (Lipinski definition) is 9. The van der Waals surface area contributed by atoms with Crippen molar-refractivity contribution >= 4 is 34.6 Å². The Bertz CT molecular complexity index is 1960. The lowest BCUT2D eigenvalue weighted by Gasteiger charge is -2.34. The number of carbonyl (C=O) groups excluding carboxylic acids is 3. The van der Waals surface area contributed by atoms with Gasteiger partial charge in [0, 0.05) is 61.8 Å². The number of rotatable bonds is 5. The van der Waals surface area contributed by atoms with Crippen LogP contribution in [0.1, 0.15) is 42.5 Å². The fourth-order valence-corrected chi connectivity index (χ4v) is 6.44. The standard InChI is InChI=1S/C34H33N5O7/c1-3-34(44)27-16-29-30-23(18-39(29)31(41)26(27)19-45-32(34)42)14-22-15-25(8-9-28(22)36-30)46-33(43)38-12-10-37(11-13-38)17-21-4-6-24(7-5-21)35-20(2)40/h4-9,14-16,44H,3,10-13,17-19H2,1-2H3,(H,35,40)/t34-/m0/s1. The van der Waals surface area contributed by atoms with E-state index < -0.39 is 17.7 Å². The molecule has 1 atom stereocenters. The van der Waals surface area contributed by atoms with Gasteiger partial charge in [-0.2, -0.15) is 0 Å². The van der Waals surface area contributed by atoms with Crippen molar-refractivity contribution in [2.75, 3.05) is 31.5 Å². The molecule has 0 aliphatic carbocycles. The maximum Gasteiger partial charge on any atom is 0.415 e. The van der Waals surface area contributed by atoms with E-state index in [4.69, 9.17) is 14.5 Å². The minimum Gasteiger partial charge on any atom is -0.458 e. The molecule has 1 saturated heterocycles. The summed E-state index contributed by atoms with van der Waals surface area (Å²) in [5.74, 6) is -0.468. The molecule has 0 radical (unpaired) electrons. The van der Waals surface area contributed by atoms with Gasteiger partial charge in [0.25, 0.3) is 5.56 Å². The third-order valence-electron chi connectivity index (χ3n) is 9.00. The summed E-state index contributed by atoms with van der Waals surface area (Å²) >= 11 is 0. The quantitative estimate of drug-likeness (QED) is 0.282. The SMILES string of the molecule is CC[C@@]1(O)C(=O)OCc2c1cc1n(c2=O)Cc2cc3cc(OC(=O)N4CCN(Cc5ccc(NC(C)=O)cc5)CC4)ccc3nc2-1. The second kappa shape index (κ2) is 11.4. The summed E-state index contributed by atoms with van der Waals surface area (Å²) in [5.41, 5.74) is 2.85. The number of carbonyl (C=O) groups is 3. The van der Waals surface area contributed by atoms with Gasteiger partial charge in [0.15, 0.2) is 5.60 Å². The summed E-state index contributed by atoms with van der Waals surface area (Å²) < 4.78 is 12.5. The number of aromatic nitrogens is 2. The molecule has 2 N–H and O–H groups in total. The van der Waals surface area contributed by atoms with E-state index in [-0.39, 0.29) is 42.2 Å². The molecule has 2 aromatic heterocycles. The highest BCUT2D eigenvalue weighted by atomic mass is 16.6. The normalized spacial score (nSPS) is 18.8. The molecule has 2 aromatic carbocycles. The number of cyclic esters (lactones) is 1. The predicted octanol–water partition coefficient (Wildman–Crippen LogP) is 3.35. The number of amides is 2. The van der Waals surface area contributed by atoms with E-state index >= 15 is 0 Å². The lowest BCUT2D eigenvalue weighted by Crippen LogP contribution is -2.49. The van der Waals surface area contributed by atoms with E-state index in [1.54, 1.807) is 40.7 Å². The number of benzene rings is 2. The highest BCUT2D eigenvalue weighted by molar-refractivity contribution is 5.89. The molecule has 12 heteroatoms. The number of anilines is 1. The Kier molecular flexibility index (Phi) is 7.33. The molecule has 0 saturated carbocycles.